The smallest absolute Gasteiger partial charge is 0.268 e. The van der Waals surface area contributed by atoms with Crippen LogP contribution in [0.4, 0.5) is 10.2 Å². The van der Waals surface area contributed by atoms with E-state index in [1.165, 1.54) is 17.8 Å². The Hall–Kier alpha value is -1.82. The van der Waals surface area contributed by atoms with Crippen LogP contribution in [0.3, 0.4) is 0 Å². The number of nitrogens with zero attached hydrogens (tertiary/aromatic N) is 2. The number of halogens is 1. The number of aromatic amines is 1. The Morgan fingerprint density at radius 1 is 1.38 bits per heavy atom. The highest BCUT2D eigenvalue weighted by Crippen LogP contribution is 2.44. The molecule has 2 aromatic rings. The van der Waals surface area contributed by atoms with Crippen molar-refractivity contribution in [2.45, 2.75) is 32.1 Å². The third-order valence-corrected chi connectivity index (χ3v) is 4.61. The largest absolute Gasteiger partial charge is 0.271 e. The maximum Gasteiger partial charge on any atom is 0.271 e. The number of aliphatic imine (C=N–C) groups is 1. The minimum absolute atomic E-state index is 0.0855. The Morgan fingerprint density at radius 2 is 2.10 bits per heavy atom. The van der Waals surface area contributed by atoms with Crippen LogP contribution in [-0.4, -0.2) is 14.8 Å². The third kappa shape index (κ3) is 2.33. The molecule has 6 heteroatoms. The number of hydrogen-bond acceptors (Lipinski definition) is 3. The van der Waals surface area contributed by atoms with Gasteiger partial charge in [0.25, 0.3) is 5.56 Å². The summed E-state index contributed by atoms with van der Waals surface area (Å²) in [5.74, 6) is 0.312. The van der Waals surface area contributed by atoms with Gasteiger partial charge in [-0.25, -0.2) is 9.38 Å². The molecule has 1 aromatic heterocycles. The highest BCUT2D eigenvalue weighted by molar-refractivity contribution is 8.14. The first-order valence-corrected chi connectivity index (χ1v) is 7.67. The molecule has 3 rings (SSSR count). The van der Waals surface area contributed by atoms with Crippen molar-refractivity contribution in [3.05, 3.63) is 51.6 Å². The minimum atomic E-state index is -0.359. The van der Waals surface area contributed by atoms with E-state index in [-0.39, 0.29) is 22.7 Å². The molecule has 4 nitrogen and oxygen atoms in total. The summed E-state index contributed by atoms with van der Waals surface area (Å²) in [5.41, 5.74) is 0.852. The van der Waals surface area contributed by atoms with Gasteiger partial charge in [-0.1, -0.05) is 30.0 Å². The lowest BCUT2D eigenvalue weighted by molar-refractivity contribution is 0.533. The van der Waals surface area contributed by atoms with Crippen LogP contribution < -0.4 is 5.56 Å². The maximum absolute atomic E-state index is 14.1. The SMILES string of the molecule is CC1=Nc2c(c(=O)[nH]n2C(C)C)[C@H](c2ccccc2F)S1. The normalized spacial score (nSPS) is 17.8. The van der Waals surface area contributed by atoms with E-state index in [0.717, 1.165) is 5.04 Å². The van der Waals surface area contributed by atoms with Crippen LogP contribution in [0.5, 0.6) is 0 Å². The van der Waals surface area contributed by atoms with Gasteiger partial charge in [0.15, 0.2) is 5.82 Å². The van der Waals surface area contributed by atoms with E-state index in [0.29, 0.717) is 16.9 Å². The molecule has 110 valence electrons. The van der Waals surface area contributed by atoms with Gasteiger partial charge >= 0.3 is 0 Å². The van der Waals surface area contributed by atoms with Gasteiger partial charge in [-0.3, -0.25) is 14.6 Å². The molecular weight excluding hydrogens is 289 g/mol. The average molecular weight is 305 g/mol. The van der Waals surface area contributed by atoms with Gasteiger partial charge in [0.2, 0.25) is 0 Å². The quantitative estimate of drug-likeness (QED) is 0.918. The zero-order chi connectivity index (χ0) is 15.1. The van der Waals surface area contributed by atoms with Crippen LogP contribution in [0.15, 0.2) is 34.1 Å². The molecule has 2 heterocycles. The topological polar surface area (TPSA) is 50.1 Å². The molecule has 0 spiro atoms. The standard InChI is InChI=1S/C15H16FN3OS/c1-8(2)19-14-12(15(20)18-19)13(21-9(3)17-14)10-6-4-5-7-11(10)16/h4-8,13H,1-3H3,(H,18,20)/t13-/m0/s1. The summed E-state index contributed by atoms with van der Waals surface area (Å²) in [6, 6.07) is 6.67. The molecule has 1 aliphatic rings. The Balaban J connectivity index is 2.23. The van der Waals surface area contributed by atoms with E-state index in [2.05, 4.69) is 10.1 Å². The van der Waals surface area contributed by atoms with E-state index >= 15 is 0 Å². The van der Waals surface area contributed by atoms with Gasteiger partial charge in [0.05, 0.1) is 15.9 Å². The van der Waals surface area contributed by atoms with Gasteiger partial charge in [0.1, 0.15) is 5.82 Å². The van der Waals surface area contributed by atoms with Crippen molar-refractivity contribution in [2.75, 3.05) is 0 Å². The second-order valence-corrected chi connectivity index (χ2v) is 6.59. The second kappa shape index (κ2) is 5.18. The van der Waals surface area contributed by atoms with Gasteiger partial charge in [-0.2, -0.15) is 0 Å². The summed E-state index contributed by atoms with van der Waals surface area (Å²) in [4.78, 5) is 16.8. The molecule has 1 N–H and O–H groups in total. The van der Waals surface area contributed by atoms with Crippen LogP contribution in [-0.2, 0) is 0 Å². The van der Waals surface area contributed by atoms with Crippen molar-refractivity contribution < 1.29 is 4.39 Å². The lowest BCUT2D eigenvalue weighted by Gasteiger charge is -2.21. The monoisotopic (exact) mass is 305 g/mol. The number of thioether (sulfide) groups is 1. The summed E-state index contributed by atoms with van der Waals surface area (Å²) in [6.07, 6.45) is 0. The fraction of sp³-hybridized carbons (Fsp3) is 0.333. The zero-order valence-corrected chi connectivity index (χ0v) is 12.9. The first-order chi connectivity index (χ1) is 9.99. The van der Waals surface area contributed by atoms with Gasteiger partial charge in [0, 0.05) is 11.6 Å². The molecule has 0 saturated heterocycles. The first-order valence-electron chi connectivity index (χ1n) is 6.79. The van der Waals surface area contributed by atoms with Crippen molar-refractivity contribution in [2.24, 2.45) is 4.99 Å². The first kappa shape index (κ1) is 14.1. The lowest BCUT2D eigenvalue weighted by Crippen LogP contribution is -2.14. The van der Waals surface area contributed by atoms with Crippen molar-refractivity contribution in [3.8, 4) is 0 Å². The summed E-state index contributed by atoms with van der Waals surface area (Å²) >= 11 is 1.41. The molecule has 1 aromatic carbocycles. The predicted octanol–water partition coefficient (Wildman–Crippen LogP) is 3.78. The molecule has 0 saturated carbocycles. The molecule has 21 heavy (non-hydrogen) atoms. The number of nitrogens with one attached hydrogen (secondary N) is 1. The number of hydrogen-bond donors (Lipinski definition) is 1. The lowest BCUT2D eigenvalue weighted by atomic mass is 10.1. The number of fused-ring (bicyclic) bond motifs is 1. The summed E-state index contributed by atoms with van der Waals surface area (Å²) < 4.78 is 15.9. The Bertz CT molecular complexity index is 775. The molecule has 0 fully saturated rings. The van der Waals surface area contributed by atoms with Crippen LogP contribution in [0, 0.1) is 5.82 Å². The molecule has 0 unspecified atom stereocenters. The van der Waals surface area contributed by atoms with Gasteiger partial charge < -0.3 is 0 Å². The molecular formula is C15H16FN3OS. The van der Waals surface area contributed by atoms with E-state index in [1.807, 2.05) is 20.8 Å². The highest BCUT2D eigenvalue weighted by atomic mass is 32.2. The predicted molar refractivity (Wildman–Crippen MR) is 84.0 cm³/mol. The highest BCUT2D eigenvalue weighted by Gasteiger charge is 2.31. The van der Waals surface area contributed by atoms with Crippen LogP contribution >= 0.6 is 11.8 Å². The summed E-state index contributed by atoms with van der Waals surface area (Å²) in [6.45, 7) is 5.82. The molecule has 0 bridgehead atoms. The van der Waals surface area contributed by atoms with Crippen LogP contribution in [0.25, 0.3) is 0 Å². The second-order valence-electron chi connectivity index (χ2n) is 5.29. The van der Waals surface area contributed by atoms with E-state index < -0.39 is 0 Å². The third-order valence-electron chi connectivity index (χ3n) is 3.45. The Morgan fingerprint density at radius 3 is 2.76 bits per heavy atom. The number of aromatic nitrogens is 2. The molecule has 0 amide bonds. The number of H-pyrrole nitrogens is 1. The summed E-state index contributed by atoms with van der Waals surface area (Å²) in [5, 5.41) is 3.28. The van der Waals surface area contributed by atoms with Gasteiger partial charge in [-0.15, -0.1) is 0 Å². The van der Waals surface area contributed by atoms with Crippen molar-refractivity contribution in [1.82, 2.24) is 9.78 Å². The fourth-order valence-corrected chi connectivity index (χ4v) is 3.62. The average Bonchev–Trinajstić information content (AvgIpc) is 2.76. The zero-order valence-electron chi connectivity index (χ0n) is 12.1. The van der Waals surface area contributed by atoms with E-state index in [1.54, 1.807) is 22.9 Å². The minimum Gasteiger partial charge on any atom is -0.268 e. The molecule has 1 aliphatic heterocycles. The Kier molecular flexibility index (Phi) is 3.49. The summed E-state index contributed by atoms with van der Waals surface area (Å²) in [7, 11) is 0. The Labute approximate surface area is 126 Å². The fourth-order valence-electron chi connectivity index (χ4n) is 2.49. The van der Waals surface area contributed by atoms with E-state index in [9.17, 15) is 9.18 Å². The van der Waals surface area contributed by atoms with Crippen molar-refractivity contribution in [1.29, 1.82) is 0 Å². The van der Waals surface area contributed by atoms with Crippen LogP contribution in [0.1, 0.15) is 43.2 Å². The van der Waals surface area contributed by atoms with E-state index in [4.69, 9.17) is 0 Å². The number of rotatable bonds is 2. The molecule has 0 aliphatic carbocycles. The van der Waals surface area contributed by atoms with Crippen molar-refractivity contribution >= 4 is 22.6 Å². The molecule has 0 radical (unpaired) electrons. The molecule has 1 atom stereocenters. The van der Waals surface area contributed by atoms with Crippen LogP contribution in [0.2, 0.25) is 0 Å². The number of benzene rings is 1. The van der Waals surface area contributed by atoms with Crippen molar-refractivity contribution in [3.63, 3.8) is 0 Å². The van der Waals surface area contributed by atoms with Gasteiger partial charge in [-0.05, 0) is 26.8 Å². The maximum atomic E-state index is 14.1.